The molecule has 216 valence electrons. The summed E-state index contributed by atoms with van der Waals surface area (Å²) >= 11 is 0. The van der Waals surface area contributed by atoms with E-state index in [1.54, 1.807) is 121 Å². The third kappa shape index (κ3) is 22.9. The van der Waals surface area contributed by atoms with Crippen LogP contribution in [0.15, 0.2) is 121 Å². The topological polar surface area (TPSA) is 197 Å². The van der Waals surface area contributed by atoms with E-state index in [0.29, 0.717) is 23.0 Å². The van der Waals surface area contributed by atoms with Gasteiger partial charge in [0, 0.05) is 0 Å². The van der Waals surface area contributed by atoms with Gasteiger partial charge in [-0.2, -0.15) is 0 Å². The largest absolute Gasteiger partial charge is 4.00 e. The van der Waals surface area contributed by atoms with Gasteiger partial charge >= 0.3 is 21.7 Å². The zero-order valence-corrected chi connectivity index (χ0v) is 26.5. The Morgan fingerprint density at radius 2 is 0.488 bits per heavy atom. The quantitative estimate of drug-likeness (QED) is 0.195. The second kappa shape index (κ2) is 24.2. The van der Waals surface area contributed by atoms with Gasteiger partial charge in [-0.3, -0.25) is 18.3 Å². The van der Waals surface area contributed by atoms with Crippen molar-refractivity contribution < 1.29 is 77.6 Å². The minimum absolute atomic E-state index is 0. The Balaban J connectivity index is 0.000000516. The molecule has 0 aromatic heterocycles. The molecule has 0 radical (unpaired) electrons. The first-order valence-corrected chi connectivity index (χ1v) is 15.8. The van der Waals surface area contributed by atoms with Crippen LogP contribution >= 0.6 is 33.0 Å². The summed E-state index contributed by atoms with van der Waals surface area (Å²) in [4.78, 5) is 40.1. The SMILES string of the molecule is O=[PH]([O-])Oc1ccccc1.O=[PH]([O-])Oc1ccccc1.O=[PH]([O-])Oc1ccccc1.O=[PH]([O-])Oc1ccccc1.[Ti+4]. The molecule has 0 saturated carbocycles. The van der Waals surface area contributed by atoms with Crippen LogP contribution in [0.2, 0.25) is 0 Å². The molecular formula is C24H24O12P4Ti. The van der Waals surface area contributed by atoms with Crippen LogP contribution < -0.4 is 37.7 Å². The summed E-state index contributed by atoms with van der Waals surface area (Å²) in [5, 5.41) is 0. The van der Waals surface area contributed by atoms with E-state index in [9.17, 15) is 37.8 Å². The second-order valence-electron chi connectivity index (χ2n) is 6.66. The molecule has 12 nitrogen and oxygen atoms in total. The van der Waals surface area contributed by atoms with Crippen LogP contribution in [-0.2, 0) is 40.0 Å². The number of hydrogen-bond acceptors (Lipinski definition) is 12. The van der Waals surface area contributed by atoms with Gasteiger partial charge in [-0.1, -0.05) is 72.8 Å². The molecule has 0 spiro atoms. The van der Waals surface area contributed by atoms with E-state index in [4.69, 9.17) is 0 Å². The molecule has 0 fully saturated rings. The number of para-hydroxylation sites is 4. The maximum atomic E-state index is 10.0. The molecule has 4 unspecified atom stereocenters. The fraction of sp³-hybridized carbons (Fsp3) is 0. The maximum absolute atomic E-state index is 10.0. The van der Waals surface area contributed by atoms with Crippen molar-refractivity contribution in [1.82, 2.24) is 0 Å². The van der Waals surface area contributed by atoms with Crippen LogP contribution in [0, 0.1) is 0 Å². The average molecular weight is 676 g/mol. The van der Waals surface area contributed by atoms with Gasteiger partial charge in [-0.25, -0.2) is 0 Å². The molecule has 0 bridgehead atoms. The monoisotopic (exact) mass is 676 g/mol. The van der Waals surface area contributed by atoms with Gasteiger partial charge in [0.1, 0.15) is 23.0 Å². The summed E-state index contributed by atoms with van der Waals surface area (Å²) in [6, 6.07) is 33.5. The second-order valence-corrected chi connectivity index (χ2v) is 9.48. The Bertz CT molecular complexity index is 1100. The van der Waals surface area contributed by atoms with Crippen molar-refractivity contribution in [2.75, 3.05) is 0 Å². The van der Waals surface area contributed by atoms with Gasteiger partial charge in [-0.15, -0.1) is 0 Å². The minimum atomic E-state index is -3.09. The molecule has 41 heavy (non-hydrogen) atoms. The number of rotatable bonds is 8. The fourth-order valence-electron chi connectivity index (χ4n) is 2.34. The van der Waals surface area contributed by atoms with Gasteiger partial charge < -0.3 is 37.7 Å². The molecule has 4 aromatic carbocycles. The summed E-state index contributed by atoms with van der Waals surface area (Å²) in [5.74, 6) is 1.45. The summed E-state index contributed by atoms with van der Waals surface area (Å²) in [6.45, 7) is 0. The normalized spacial score (nSPS) is 12.2. The smallest absolute Gasteiger partial charge is 0.771 e. The zero-order chi connectivity index (χ0) is 29.6. The molecule has 0 amide bonds. The van der Waals surface area contributed by atoms with E-state index in [0.717, 1.165) is 0 Å². The van der Waals surface area contributed by atoms with Gasteiger partial charge in [0.05, 0.1) is 0 Å². The molecule has 0 saturated heterocycles. The van der Waals surface area contributed by atoms with Crippen molar-refractivity contribution in [3.8, 4) is 23.0 Å². The van der Waals surface area contributed by atoms with Crippen LogP contribution in [0.3, 0.4) is 0 Å². The van der Waals surface area contributed by atoms with Gasteiger partial charge in [0.25, 0.3) is 0 Å². The molecule has 17 heteroatoms. The van der Waals surface area contributed by atoms with E-state index in [1.807, 2.05) is 0 Å². The first kappa shape index (κ1) is 38.6. The van der Waals surface area contributed by atoms with Crippen LogP contribution in [0.25, 0.3) is 0 Å². The van der Waals surface area contributed by atoms with Gasteiger partial charge in [0.15, 0.2) is 33.0 Å². The zero-order valence-electron chi connectivity index (χ0n) is 20.9. The predicted molar refractivity (Wildman–Crippen MR) is 144 cm³/mol. The minimum Gasteiger partial charge on any atom is -0.771 e. The van der Waals surface area contributed by atoms with Crippen molar-refractivity contribution in [1.29, 1.82) is 0 Å². The molecule has 4 rings (SSSR count). The Morgan fingerprint density at radius 3 is 0.610 bits per heavy atom. The Kier molecular flexibility index (Phi) is 22.7. The van der Waals surface area contributed by atoms with Crippen LogP contribution in [-0.4, -0.2) is 0 Å². The molecule has 0 N–H and O–H groups in total. The van der Waals surface area contributed by atoms with E-state index in [1.165, 1.54) is 0 Å². The maximum Gasteiger partial charge on any atom is 4.00 e. The van der Waals surface area contributed by atoms with Crippen LogP contribution in [0.5, 0.6) is 23.0 Å². The van der Waals surface area contributed by atoms with Crippen LogP contribution in [0.4, 0.5) is 0 Å². The van der Waals surface area contributed by atoms with Crippen molar-refractivity contribution in [2.24, 2.45) is 0 Å². The molecule has 4 aromatic rings. The fourth-order valence-corrected chi connectivity index (χ4v) is 3.65. The average Bonchev–Trinajstić information content (AvgIpc) is 2.91. The molecule has 0 aliphatic rings. The first-order valence-electron chi connectivity index (χ1n) is 10.9. The van der Waals surface area contributed by atoms with Gasteiger partial charge in [0.2, 0.25) is 0 Å². The third-order valence-corrected chi connectivity index (χ3v) is 5.39. The molecule has 4 atom stereocenters. The molecule has 0 aliphatic heterocycles. The van der Waals surface area contributed by atoms with Gasteiger partial charge in [-0.05, 0) is 48.5 Å². The van der Waals surface area contributed by atoms with Crippen molar-refractivity contribution in [3.05, 3.63) is 121 Å². The van der Waals surface area contributed by atoms with E-state index < -0.39 is 33.0 Å². The standard InChI is InChI=1S/4C6H7O3P.Ti/c4*7-10(8)9-6-4-2-1-3-5-6;/h4*1-5,10H,(H,7,8);/q;;;;+4/p-4. The van der Waals surface area contributed by atoms with Crippen molar-refractivity contribution >= 4 is 33.0 Å². The molecule has 0 heterocycles. The van der Waals surface area contributed by atoms with Crippen molar-refractivity contribution in [2.45, 2.75) is 0 Å². The Morgan fingerprint density at radius 1 is 0.341 bits per heavy atom. The van der Waals surface area contributed by atoms with Crippen molar-refractivity contribution in [3.63, 3.8) is 0 Å². The number of hydrogen-bond donors (Lipinski definition) is 0. The van der Waals surface area contributed by atoms with E-state index in [-0.39, 0.29) is 21.7 Å². The van der Waals surface area contributed by atoms with E-state index in [2.05, 4.69) is 18.1 Å². The first-order chi connectivity index (χ1) is 19.2. The summed E-state index contributed by atoms with van der Waals surface area (Å²) < 4.78 is 57.7. The predicted octanol–water partition coefficient (Wildman–Crippen LogP) is 3.26. The summed E-state index contributed by atoms with van der Waals surface area (Å²) in [7, 11) is -12.3. The Labute approximate surface area is 254 Å². The number of benzene rings is 4. The summed E-state index contributed by atoms with van der Waals surface area (Å²) in [6.07, 6.45) is 0. The van der Waals surface area contributed by atoms with Crippen LogP contribution in [0.1, 0.15) is 0 Å². The Hall–Kier alpha value is -2.45. The molecule has 0 aliphatic carbocycles. The molecular weight excluding hydrogens is 652 g/mol. The van der Waals surface area contributed by atoms with E-state index >= 15 is 0 Å². The third-order valence-electron chi connectivity index (χ3n) is 3.78. The summed E-state index contributed by atoms with van der Waals surface area (Å²) in [5.41, 5.74) is 0.